The lowest BCUT2D eigenvalue weighted by atomic mass is 9.80. The van der Waals surface area contributed by atoms with Gasteiger partial charge in [0, 0.05) is 11.7 Å². The molecule has 0 amide bonds. The van der Waals surface area contributed by atoms with Crippen LogP contribution in [0.25, 0.3) is 0 Å². The SMILES string of the molecule is CC1OB(/C(C=N)=C/N)OC1(C)C. The van der Waals surface area contributed by atoms with Crippen LogP contribution in [-0.2, 0) is 9.31 Å². The molecule has 0 aromatic heterocycles. The molecule has 3 N–H and O–H groups in total. The first-order valence-electron chi connectivity index (χ1n) is 4.27. The maximum Gasteiger partial charge on any atom is 0.497 e. The minimum atomic E-state index is -0.493. The van der Waals surface area contributed by atoms with Crippen molar-refractivity contribution in [1.82, 2.24) is 0 Å². The highest BCUT2D eigenvalue weighted by Crippen LogP contribution is 2.28. The van der Waals surface area contributed by atoms with E-state index in [1.165, 1.54) is 6.20 Å². The molecule has 0 saturated carbocycles. The van der Waals surface area contributed by atoms with Crippen LogP contribution in [0.2, 0.25) is 0 Å². The van der Waals surface area contributed by atoms with Crippen molar-refractivity contribution in [3.05, 3.63) is 11.7 Å². The summed E-state index contributed by atoms with van der Waals surface area (Å²) in [5.41, 5.74) is 5.56. The zero-order valence-corrected chi connectivity index (χ0v) is 8.20. The molecule has 1 fully saturated rings. The highest BCUT2D eigenvalue weighted by molar-refractivity contribution is 6.60. The van der Waals surface area contributed by atoms with Crippen molar-refractivity contribution in [3.8, 4) is 0 Å². The lowest BCUT2D eigenvalue weighted by molar-refractivity contribution is 0.0842. The van der Waals surface area contributed by atoms with E-state index in [1.54, 1.807) is 0 Å². The van der Waals surface area contributed by atoms with Crippen LogP contribution in [0.4, 0.5) is 0 Å². The van der Waals surface area contributed by atoms with E-state index in [4.69, 9.17) is 20.5 Å². The molecule has 1 aliphatic heterocycles. The van der Waals surface area contributed by atoms with E-state index in [0.29, 0.717) is 5.47 Å². The number of nitrogens with one attached hydrogen (secondary N) is 1. The number of nitrogens with two attached hydrogens (primary N) is 1. The predicted molar refractivity (Wildman–Crippen MR) is 52.5 cm³/mol. The third kappa shape index (κ3) is 1.92. The van der Waals surface area contributed by atoms with Gasteiger partial charge in [0.1, 0.15) is 0 Å². The van der Waals surface area contributed by atoms with Crippen molar-refractivity contribution in [1.29, 1.82) is 5.41 Å². The maximum absolute atomic E-state index is 7.09. The Balaban J connectivity index is 2.74. The molecule has 1 saturated heterocycles. The molecule has 1 aliphatic rings. The zero-order valence-electron chi connectivity index (χ0n) is 8.20. The number of hydrogen-bond donors (Lipinski definition) is 2. The van der Waals surface area contributed by atoms with Gasteiger partial charge >= 0.3 is 7.12 Å². The van der Waals surface area contributed by atoms with E-state index in [0.717, 1.165) is 6.21 Å². The fraction of sp³-hybridized carbons (Fsp3) is 0.625. The van der Waals surface area contributed by atoms with Gasteiger partial charge in [-0.2, -0.15) is 0 Å². The molecule has 1 heterocycles. The van der Waals surface area contributed by atoms with Gasteiger partial charge in [-0.25, -0.2) is 0 Å². The van der Waals surface area contributed by atoms with Crippen molar-refractivity contribution in [2.75, 3.05) is 0 Å². The fourth-order valence-corrected chi connectivity index (χ4v) is 1.09. The van der Waals surface area contributed by atoms with Gasteiger partial charge in [-0.15, -0.1) is 0 Å². The minimum absolute atomic E-state index is 0.00685. The van der Waals surface area contributed by atoms with Gasteiger partial charge in [-0.05, 0) is 27.0 Å². The average Bonchev–Trinajstić information content (AvgIpc) is 2.29. The first-order valence-corrected chi connectivity index (χ1v) is 4.27. The van der Waals surface area contributed by atoms with Gasteiger partial charge < -0.3 is 20.5 Å². The third-order valence-corrected chi connectivity index (χ3v) is 2.35. The number of allylic oxidation sites excluding steroid dienone is 1. The Hall–Kier alpha value is -0.805. The Morgan fingerprint density at radius 1 is 1.62 bits per heavy atom. The Morgan fingerprint density at radius 2 is 2.23 bits per heavy atom. The highest BCUT2D eigenvalue weighted by atomic mass is 16.7. The van der Waals surface area contributed by atoms with E-state index in [9.17, 15) is 0 Å². The first-order chi connectivity index (χ1) is 6.01. The van der Waals surface area contributed by atoms with Crippen LogP contribution in [0.15, 0.2) is 11.7 Å². The van der Waals surface area contributed by atoms with Crippen LogP contribution < -0.4 is 5.73 Å². The molecule has 0 aliphatic carbocycles. The molecule has 0 bridgehead atoms. The Bertz CT molecular complexity index is 240. The van der Waals surface area contributed by atoms with Gasteiger partial charge in [0.05, 0.1) is 11.7 Å². The van der Waals surface area contributed by atoms with Crippen LogP contribution in [0.5, 0.6) is 0 Å². The summed E-state index contributed by atoms with van der Waals surface area (Å²) in [4.78, 5) is 0. The van der Waals surface area contributed by atoms with E-state index in [2.05, 4.69) is 0 Å². The fourth-order valence-electron chi connectivity index (χ4n) is 1.09. The van der Waals surface area contributed by atoms with Crippen molar-refractivity contribution < 1.29 is 9.31 Å². The molecule has 0 aromatic carbocycles. The van der Waals surface area contributed by atoms with Gasteiger partial charge in [0.15, 0.2) is 0 Å². The molecule has 1 rings (SSSR count). The van der Waals surface area contributed by atoms with Crippen molar-refractivity contribution in [2.24, 2.45) is 5.73 Å². The zero-order chi connectivity index (χ0) is 10.1. The van der Waals surface area contributed by atoms with Crippen molar-refractivity contribution >= 4 is 13.3 Å². The maximum atomic E-state index is 7.09. The van der Waals surface area contributed by atoms with Crippen molar-refractivity contribution in [2.45, 2.75) is 32.5 Å². The van der Waals surface area contributed by atoms with E-state index in [1.807, 2.05) is 20.8 Å². The topological polar surface area (TPSA) is 68.3 Å². The summed E-state index contributed by atoms with van der Waals surface area (Å²) in [7, 11) is -0.493. The van der Waals surface area contributed by atoms with Gasteiger partial charge in [0.2, 0.25) is 0 Å². The molecule has 1 unspecified atom stereocenters. The second-order valence-electron chi connectivity index (χ2n) is 3.64. The standard InChI is InChI=1S/C8H15BN2O2/c1-6-8(2,3)13-9(12-6)7(4-10)5-11/h4-6,10H,11H2,1-3H3/b7-5+,10-4?. The summed E-state index contributed by atoms with van der Waals surface area (Å²) in [6.45, 7) is 5.85. The lowest BCUT2D eigenvalue weighted by Crippen LogP contribution is -2.30. The lowest BCUT2D eigenvalue weighted by Gasteiger charge is -2.21. The van der Waals surface area contributed by atoms with Crippen LogP contribution in [0, 0.1) is 5.41 Å². The second-order valence-corrected chi connectivity index (χ2v) is 3.64. The largest absolute Gasteiger partial charge is 0.497 e. The molecule has 0 aromatic rings. The summed E-state index contributed by atoms with van der Waals surface area (Å²) in [6.07, 6.45) is 2.50. The highest BCUT2D eigenvalue weighted by Gasteiger charge is 2.44. The summed E-state index contributed by atoms with van der Waals surface area (Å²) < 4.78 is 11.1. The molecule has 4 nitrogen and oxygen atoms in total. The van der Waals surface area contributed by atoms with Crippen LogP contribution in [0.3, 0.4) is 0 Å². The van der Waals surface area contributed by atoms with Gasteiger partial charge in [0.25, 0.3) is 0 Å². The third-order valence-electron chi connectivity index (χ3n) is 2.35. The monoisotopic (exact) mass is 182 g/mol. The minimum Gasteiger partial charge on any atom is -0.405 e. The Labute approximate surface area is 78.7 Å². The van der Waals surface area contributed by atoms with Crippen LogP contribution >= 0.6 is 0 Å². The first kappa shape index (κ1) is 10.3. The second kappa shape index (κ2) is 3.51. The summed E-state index contributed by atoms with van der Waals surface area (Å²) in [5, 5.41) is 7.09. The van der Waals surface area contributed by atoms with E-state index >= 15 is 0 Å². The van der Waals surface area contributed by atoms with Crippen LogP contribution in [0.1, 0.15) is 20.8 Å². The molecule has 72 valence electrons. The molecule has 1 atom stereocenters. The quantitative estimate of drug-likeness (QED) is 0.488. The molecule has 5 heteroatoms. The molecular weight excluding hydrogens is 167 g/mol. The van der Waals surface area contributed by atoms with E-state index < -0.39 is 7.12 Å². The molecule has 0 spiro atoms. The normalized spacial score (nSPS) is 27.8. The summed E-state index contributed by atoms with van der Waals surface area (Å²) in [6, 6.07) is 0. The molecule has 0 radical (unpaired) electrons. The smallest absolute Gasteiger partial charge is 0.405 e. The molecular formula is C8H15BN2O2. The van der Waals surface area contributed by atoms with Crippen molar-refractivity contribution in [3.63, 3.8) is 0 Å². The summed E-state index contributed by atoms with van der Waals surface area (Å²) in [5.74, 6) is 0. The Morgan fingerprint density at radius 3 is 2.54 bits per heavy atom. The molecule has 13 heavy (non-hydrogen) atoms. The number of rotatable bonds is 2. The summed E-state index contributed by atoms with van der Waals surface area (Å²) >= 11 is 0. The van der Waals surface area contributed by atoms with Gasteiger partial charge in [-0.3, -0.25) is 0 Å². The van der Waals surface area contributed by atoms with Gasteiger partial charge in [-0.1, -0.05) is 0 Å². The van der Waals surface area contributed by atoms with Crippen LogP contribution in [-0.4, -0.2) is 25.0 Å². The average molecular weight is 182 g/mol. The Kier molecular flexibility index (Phi) is 2.78. The number of hydrogen-bond acceptors (Lipinski definition) is 4. The van der Waals surface area contributed by atoms with E-state index in [-0.39, 0.29) is 11.7 Å². The predicted octanol–water partition coefficient (Wildman–Crippen LogP) is 0.720.